The molecular weight excluding hydrogens is 783 g/mol. The van der Waals surface area contributed by atoms with Crippen molar-refractivity contribution < 1.29 is 14.1 Å². The van der Waals surface area contributed by atoms with Crippen LogP contribution in [0.3, 0.4) is 0 Å². The van der Waals surface area contributed by atoms with E-state index in [1.807, 2.05) is 30.3 Å². The molecular formula is C44H56ClN10O3P. The van der Waals surface area contributed by atoms with Crippen molar-refractivity contribution in [2.75, 3.05) is 107 Å². The molecule has 1 aromatic heterocycles. The third-order valence-electron chi connectivity index (χ3n) is 12.3. The molecule has 59 heavy (non-hydrogen) atoms. The molecule has 5 heterocycles. The van der Waals surface area contributed by atoms with Gasteiger partial charge in [0.1, 0.15) is 23.6 Å². The lowest BCUT2D eigenvalue weighted by Gasteiger charge is -2.43. The van der Waals surface area contributed by atoms with E-state index in [0.717, 1.165) is 126 Å². The second-order valence-electron chi connectivity index (χ2n) is 16.3. The van der Waals surface area contributed by atoms with Crippen LogP contribution in [0.2, 0.25) is 5.02 Å². The molecule has 13 nitrogen and oxygen atoms in total. The second-order valence-corrected chi connectivity index (χ2v) is 19.9. The number of aromatic nitrogens is 2. The van der Waals surface area contributed by atoms with Gasteiger partial charge in [-0.05, 0) is 75.9 Å². The number of halogens is 1. The lowest BCUT2D eigenvalue weighted by Crippen LogP contribution is -2.53. The summed E-state index contributed by atoms with van der Waals surface area (Å²) in [5.74, 6) is 3.75. The molecule has 4 aliphatic rings. The van der Waals surface area contributed by atoms with E-state index in [1.165, 1.54) is 5.56 Å². The van der Waals surface area contributed by atoms with Crippen LogP contribution in [-0.2, 0) is 15.9 Å². The number of hydrogen-bond acceptors (Lipinski definition) is 13. The quantitative estimate of drug-likeness (QED) is 0.0888. The molecule has 0 spiro atoms. The Kier molecular flexibility index (Phi) is 12.8. The fourth-order valence-corrected chi connectivity index (χ4v) is 10.3. The highest BCUT2D eigenvalue weighted by molar-refractivity contribution is 7.70. The minimum Gasteiger partial charge on any atom is -0.494 e. The van der Waals surface area contributed by atoms with Gasteiger partial charge in [-0.1, -0.05) is 35.9 Å². The number of nitrogens with one attached hydrogen (secondary N) is 4. The zero-order valence-corrected chi connectivity index (χ0v) is 36.0. The number of rotatable bonds is 13. The third kappa shape index (κ3) is 9.41. The Morgan fingerprint density at radius 1 is 0.932 bits per heavy atom. The number of para-hydroxylation sites is 1. The van der Waals surface area contributed by atoms with Gasteiger partial charge in [0.05, 0.1) is 24.7 Å². The minimum atomic E-state index is -2.54. The van der Waals surface area contributed by atoms with Gasteiger partial charge in [-0.2, -0.15) is 4.98 Å². The first kappa shape index (κ1) is 41.1. The maximum atomic E-state index is 12.9. The number of piperazine rings is 1. The number of hydrogen-bond donors (Lipinski definition) is 4. The highest BCUT2D eigenvalue weighted by atomic mass is 35.5. The van der Waals surface area contributed by atoms with Gasteiger partial charge in [0, 0.05) is 111 Å². The molecule has 3 fully saturated rings. The maximum Gasteiger partial charge on any atom is 0.229 e. The Bertz CT molecular complexity index is 2210. The van der Waals surface area contributed by atoms with Gasteiger partial charge in [-0.25, -0.2) is 9.78 Å². The van der Waals surface area contributed by atoms with E-state index in [1.54, 1.807) is 26.6 Å². The van der Waals surface area contributed by atoms with Crippen LogP contribution in [-0.4, -0.2) is 129 Å². The lowest BCUT2D eigenvalue weighted by atomic mass is 10.0. The molecule has 1 unspecified atom stereocenters. The lowest BCUT2D eigenvalue weighted by molar-refractivity contribution is 0.0871. The summed E-state index contributed by atoms with van der Waals surface area (Å²) in [7, 11) is -0.864. The van der Waals surface area contributed by atoms with Gasteiger partial charge in [0.25, 0.3) is 0 Å². The van der Waals surface area contributed by atoms with Gasteiger partial charge in [0.2, 0.25) is 5.95 Å². The molecule has 3 aromatic carbocycles. The van der Waals surface area contributed by atoms with Crippen LogP contribution >= 0.6 is 18.7 Å². The van der Waals surface area contributed by atoms with Crippen molar-refractivity contribution in [1.29, 1.82) is 0 Å². The van der Waals surface area contributed by atoms with Gasteiger partial charge >= 0.3 is 0 Å². The maximum absolute atomic E-state index is 12.9. The van der Waals surface area contributed by atoms with E-state index in [-0.39, 0.29) is 0 Å². The molecule has 4 aromatic rings. The monoisotopic (exact) mass is 838 g/mol. The topological polar surface area (TPSA) is 130 Å². The van der Waals surface area contributed by atoms with Crippen molar-refractivity contribution in [1.82, 2.24) is 30.0 Å². The molecule has 0 aliphatic carbocycles. The molecule has 0 amide bonds. The van der Waals surface area contributed by atoms with Crippen molar-refractivity contribution in [3.8, 4) is 5.75 Å². The smallest absolute Gasteiger partial charge is 0.229 e. The van der Waals surface area contributed by atoms with E-state index in [4.69, 9.17) is 16.3 Å². The van der Waals surface area contributed by atoms with Crippen LogP contribution in [0.25, 0.3) is 5.70 Å². The summed E-state index contributed by atoms with van der Waals surface area (Å²) in [6.45, 7) is 14.4. The number of anilines is 6. The molecule has 0 bridgehead atoms. The molecule has 312 valence electrons. The van der Waals surface area contributed by atoms with E-state index in [9.17, 15) is 9.36 Å². The zero-order valence-electron chi connectivity index (χ0n) is 34.3. The van der Waals surface area contributed by atoms with Crippen LogP contribution in [0.15, 0.2) is 66.9 Å². The molecule has 1 atom stereocenters. The number of fused-ring (bicyclic) bond motifs is 1. The average Bonchev–Trinajstić information content (AvgIpc) is 3.65. The van der Waals surface area contributed by atoms with Crippen molar-refractivity contribution >= 4 is 70.2 Å². The Balaban J connectivity index is 0.804. The molecule has 8 rings (SSSR count). The van der Waals surface area contributed by atoms with Crippen LogP contribution < -0.4 is 36.2 Å². The number of nitrogens with zero attached hydrogens (tertiary/aromatic N) is 6. The van der Waals surface area contributed by atoms with Crippen molar-refractivity contribution in [2.24, 2.45) is 0 Å². The fourth-order valence-electron chi connectivity index (χ4n) is 9.06. The van der Waals surface area contributed by atoms with E-state index in [2.05, 4.69) is 87.1 Å². The normalized spacial score (nSPS) is 19.3. The first-order valence-electron chi connectivity index (χ1n) is 20.9. The number of carbonyl (C=O) groups excluding carboxylic acids is 1. The standard InChI is InChI=1S/C44H56ClN10O3P/c1-58-41-26-32(13-14-38(41)50-44-48-28-36(45)43(51-44)49-39-10-4-5-12-42(39)59(2,3)57)53-19-15-31(16-20-53)54-24-22-52(23-25-54)21-18-47-37-11-6-9-34-35(37)29-55(40(34)30-56)33-8-7-17-46-27-33/h4-6,9-14,26,28,31,33,46-47H,7-8,15-25,27,29H2,1-3H3,(H2,48,49,50,51). The zero-order chi connectivity index (χ0) is 40.9. The van der Waals surface area contributed by atoms with Crippen LogP contribution in [0.5, 0.6) is 5.75 Å². The van der Waals surface area contributed by atoms with Crippen molar-refractivity contribution in [3.05, 3.63) is 83.0 Å². The van der Waals surface area contributed by atoms with Gasteiger partial charge in [-0.15, -0.1) is 0 Å². The highest BCUT2D eigenvalue weighted by Crippen LogP contribution is 2.40. The van der Waals surface area contributed by atoms with Gasteiger partial charge in [-0.3, -0.25) is 9.80 Å². The summed E-state index contributed by atoms with van der Waals surface area (Å²) in [4.78, 5) is 31.1. The molecule has 0 saturated carbocycles. The molecule has 4 N–H and O–H groups in total. The SMILES string of the molecule is COc1cc(N2CCC(N3CCN(CCNc4cccc5c4CN(C4CCCNC4)C5=C=O)CC3)CC2)ccc1Nc1ncc(Cl)c(Nc2ccccc2P(C)(C)=O)n1. The van der Waals surface area contributed by atoms with E-state index in [0.29, 0.717) is 46.0 Å². The summed E-state index contributed by atoms with van der Waals surface area (Å²) in [6.07, 6.45) is 6.03. The summed E-state index contributed by atoms with van der Waals surface area (Å²) in [6, 6.07) is 20.9. The highest BCUT2D eigenvalue weighted by Gasteiger charge is 2.33. The fraction of sp³-hybridized carbons (Fsp3) is 0.455. The number of methoxy groups -OCH3 is 1. The van der Waals surface area contributed by atoms with Crippen molar-refractivity contribution in [3.63, 3.8) is 0 Å². The van der Waals surface area contributed by atoms with Gasteiger partial charge < -0.3 is 40.4 Å². The summed E-state index contributed by atoms with van der Waals surface area (Å²) < 4.78 is 18.8. The summed E-state index contributed by atoms with van der Waals surface area (Å²) in [5.41, 5.74) is 6.68. The number of ether oxygens (including phenoxy) is 1. The molecule has 4 aliphatic heterocycles. The predicted octanol–water partition coefficient (Wildman–Crippen LogP) is 6.31. The predicted molar refractivity (Wildman–Crippen MR) is 241 cm³/mol. The van der Waals surface area contributed by atoms with Crippen LogP contribution in [0.4, 0.5) is 34.5 Å². The van der Waals surface area contributed by atoms with Gasteiger partial charge in [0.15, 0.2) is 11.8 Å². The molecule has 15 heteroatoms. The van der Waals surface area contributed by atoms with Crippen LogP contribution in [0.1, 0.15) is 36.8 Å². The van der Waals surface area contributed by atoms with Crippen molar-refractivity contribution in [2.45, 2.75) is 44.3 Å². The van der Waals surface area contributed by atoms with E-state index >= 15 is 0 Å². The van der Waals surface area contributed by atoms with E-state index < -0.39 is 7.14 Å². The Morgan fingerprint density at radius 2 is 1.73 bits per heavy atom. The molecule has 0 radical (unpaired) electrons. The minimum absolute atomic E-state index is 0.342. The summed E-state index contributed by atoms with van der Waals surface area (Å²) in [5, 5.41) is 14.9. The Hall–Kier alpha value is -4.61. The molecule has 3 saturated heterocycles. The summed E-state index contributed by atoms with van der Waals surface area (Å²) >= 11 is 6.49. The second kappa shape index (κ2) is 18.3. The Labute approximate surface area is 352 Å². The Morgan fingerprint density at radius 3 is 2.47 bits per heavy atom. The largest absolute Gasteiger partial charge is 0.494 e. The third-order valence-corrected chi connectivity index (χ3v) is 14.1. The number of piperidine rings is 2. The first-order chi connectivity index (χ1) is 28.7. The first-order valence-corrected chi connectivity index (χ1v) is 23.9. The van der Waals surface area contributed by atoms with Crippen LogP contribution in [0, 0.1) is 0 Å². The average molecular weight is 839 g/mol. The number of benzene rings is 3.